The van der Waals surface area contributed by atoms with E-state index in [4.69, 9.17) is 9.47 Å². The quantitative estimate of drug-likeness (QED) is 0.0485. The summed E-state index contributed by atoms with van der Waals surface area (Å²) >= 11 is 0. The molecule has 0 aliphatic carbocycles. The monoisotopic (exact) mass is 666 g/mol. The smallest absolute Gasteiger partial charge is 0.306 e. The molecule has 0 aliphatic heterocycles. The first-order valence-corrected chi connectivity index (χ1v) is 21.1. The number of rotatable bonds is 38. The molecule has 0 aromatic rings. The maximum absolute atomic E-state index is 12.7. The lowest BCUT2D eigenvalue weighted by atomic mass is 10.0. The normalized spacial score (nSPS) is 11.5. The Kier molecular flexibility index (Phi) is 36.8. The van der Waals surface area contributed by atoms with Crippen LogP contribution < -0.4 is 0 Å². The molecule has 0 atom stereocenters. The maximum atomic E-state index is 12.7. The van der Waals surface area contributed by atoms with Crippen LogP contribution in [0.2, 0.25) is 0 Å². The van der Waals surface area contributed by atoms with E-state index >= 15 is 0 Å². The van der Waals surface area contributed by atoms with Gasteiger partial charge in [0, 0.05) is 12.8 Å². The van der Waals surface area contributed by atoms with Gasteiger partial charge in [0.1, 0.15) is 6.10 Å². The van der Waals surface area contributed by atoms with Crippen LogP contribution in [-0.4, -0.2) is 49.2 Å². The summed E-state index contributed by atoms with van der Waals surface area (Å²) in [4.78, 5) is 27.2. The Morgan fingerprint density at radius 2 is 0.830 bits per heavy atom. The highest BCUT2D eigenvalue weighted by Crippen LogP contribution is 2.18. The van der Waals surface area contributed by atoms with E-state index in [1.807, 2.05) is 0 Å². The van der Waals surface area contributed by atoms with Gasteiger partial charge in [-0.25, -0.2) is 0 Å². The van der Waals surface area contributed by atoms with E-state index in [1.54, 1.807) is 0 Å². The Morgan fingerprint density at radius 3 is 1.32 bits per heavy atom. The summed E-state index contributed by atoms with van der Waals surface area (Å²) in [5.74, 6) is 0.0169. The van der Waals surface area contributed by atoms with Crippen molar-refractivity contribution in [3.05, 3.63) is 0 Å². The predicted molar refractivity (Wildman–Crippen MR) is 203 cm³/mol. The molecule has 5 nitrogen and oxygen atoms in total. The summed E-state index contributed by atoms with van der Waals surface area (Å²) in [6, 6.07) is 0. The lowest BCUT2D eigenvalue weighted by molar-refractivity contribution is -0.150. The van der Waals surface area contributed by atoms with Gasteiger partial charge in [0.05, 0.1) is 6.61 Å². The van der Waals surface area contributed by atoms with Crippen molar-refractivity contribution in [3.63, 3.8) is 0 Å². The molecule has 0 rings (SSSR count). The first kappa shape index (κ1) is 45.9. The van der Waals surface area contributed by atoms with E-state index in [0.717, 1.165) is 71.0 Å². The summed E-state index contributed by atoms with van der Waals surface area (Å²) in [7, 11) is 0. The Bertz CT molecular complexity index is 639. The Balaban J connectivity index is 3.90. The van der Waals surface area contributed by atoms with E-state index in [9.17, 15) is 9.59 Å². The van der Waals surface area contributed by atoms with Crippen molar-refractivity contribution in [1.29, 1.82) is 0 Å². The molecule has 0 spiro atoms. The van der Waals surface area contributed by atoms with Gasteiger partial charge in [-0.05, 0) is 77.4 Å². The minimum absolute atomic E-state index is 0.0160. The molecule has 0 radical (unpaired) electrons. The Morgan fingerprint density at radius 1 is 0.447 bits per heavy atom. The largest absolute Gasteiger partial charge is 0.466 e. The molecule has 5 heteroatoms. The first-order chi connectivity index (χ1) is 23.1. The van der Waals surface area contributed by atoms with Gasteiger partial charge in [-0.15, -0.1) is 0 Å². The summed E-state index contributed by atoms with van der Waals surface area (Å²) in [5.41, 5.74) is 0. The lowest BCUT2D eigenvalue weighted by Crippen LogP contribution is -2.25. The van der Waals surface area contributed by atoms with Gasteiger partial charge in [0.25, 0.3) is 0 Å². The van der Waals surface area contributed by atoms with Crippen LogP contribution in [0.25, 0.3) is 0 Å². The second-order valence-electron chi connectivity index (χ2n) is 14.3. The fourth-order valence-electron chi connectivity index (χ4n) is 6.47. The molecule has 0 aromatic heterocycles. The summed E-state index contributed by atoms with van der Waals surface area (Å²) in [6.07, 6.45) is 36.5. The fraction of sp³-hybridized carbons (Fsp3) is 0.952. The maximum Gasteiger partial charge on any atom is 0.306 e. The lowest BCUT2D eigenvalue weighted by Gasteiger charge is -2.20. The average Bonchev–Trinajstić information content (AvgIpc) is 3.07. The molecular formula is C42H83NO4. The van der Waals surface area contributed by atoms with Crippen LogP contribution in [0.1, 0.15) is 227 Å². The number of hydrogen-bond acceptors (Lipinski definition) is 5. The molecule has 0 saturated heterocycles. The van der Waals surface area contributed by atoms with E-state index in [0.29, 0.717) is 19.4 Å². The molecule has 0 saturated carbocycles. The van der Waals surface area contributed by atoms with Crippen molar-refractivity contribution in [3.8, 4) is 0 Å². The number of carbonyl (C=O) groups is 2. The highest BCUT2D eigenvalue weighted by Gasteiger charge is 2.14. The third-order valence-electron chi connectivity index (χ3n) is 9.73. The zero-order valence-corrected chi connectivity index (χ0v) is 32.4. The fourth-order valence-corrected chi connectivity index (χ4v) is 6.47. The van der Waals surface area contributed by atoms with Crippen molar-refractivity contribution in [2.45, 2.75) is 233 Å². The van der Waals surface area contributed by atoms with Gasteiger partial charge in [-0.1, -0.05) is 156 Å². The second-order valence-corrected chi connectivity index (χ2v) is 14.3. The molecule has 0 unspecified atom stereocenters. The average molecular weight is 666 g/mol. The molecule has 0 fully saturated rings. The van der Waals surface area contributed by atoms with Crippen LogP contribution in [0.4, 0.5) is 0 Å². The van der Waals surface area contributed by atoms with Gasteiger partial charge in [-0.3, -0.25) is 9.59 Å². The van der Waals surface area contributed by atoms with Gasteiger partial charge in [0.15, 0.2) is 0 Å². The highest BCUT2D eigenvalue weighted by atomic mass is 16.5. The van der Waals surface area contributed by atoms with Gasteiger partial charge < -0.3 is 14.4 Å². The molecule has 47 heavy (non-hydrogen) atoms. The van der Waals surface area contributed by atoms with Crippen molar-refractivity contribution in [1.82, 2.24) is 4.90 Å². The molecule has 0 aromatic carbocycles. The van der Waals surface area contributed by atoms with Gasteiger partial charge >= 0.3 is 11.9 Å². The number of esters is 2. The van der Waals surface area contributed by atoms with E-state index in [1.165, 1.54) is 135 Å². The molecule has 280 valence electrons. The third-order valence-corrected chi connectivity index (χ3v) is 9.73. The molecular weight excluding hydrogens is 582 g/mol. The van der Waals surface area contributed by atoms with Gasteiger partial charge in [0.2, 0.25) is 0 Å². The number of unbranched alkanes of at least 4 members (excludes halogenated alkanes) is 22. The SMILES string of the molecule is CCCCCCCCCOC(=O)CCCCCN(CC)CCCCCCCC(=O)OC(CCCCCCCC)CCCCCCCC. The second kappa shape index (κ2) is 37.7. The van der Waals surface area contributed by atoms with Crippen molar-refractivity contribution in [2.75, 3.05) is 26.2 Å². The molecule has 0 heterocycles. The molecule has 0 aliphatic rings. The minimum Gasteiger partial charge on any atom is -0.466 e. The van der Waals surface area contributed by atoms with Gasteiger partial charge in [-0.2, -0.15) is 0 Å². The predicted octanol–water partition coefficient (Wildman–Crippen LogP) is 12.9. The van der Waals surface area contributed by atoms with Crippen molar-refractivity contribution >= 4 is 11.9 Å². The third kappa shape index (κ3) is 34.6. The van der Waals surface area contributed by atoms with E-state index < -0.39 is 0 Å². The van der Waals surface area contributed by atoms with Crippen LogP contribution in [0.15, 0.2) is 0 Å². The van der Waals surface area contributed by atoms with Crippen molar-refractivity contribution < 1.29 is 19.1 Å². The van der Waals surface area contributed by atoms with Crippen LogP contribution in [0.3, 0.4) is 0 Å². The minimum atomic E-state index is -0.0160. The summed E-state index contributed by atoms with van der Waals surface area (Å²) in [6.45, 7) is 13.0. The topological polar surface area (TPSA) is 55.8 Å². The highest BCUT2D eigenvalue weighted by molar-refractivity contribution is 5.69. The van der Waals surface area contributed by atoms with E-state index in [2.05, 4.69) is 32.6 Å². The molecule has 0 amide bonds. The first-order valence-electron chi connectivity index (χ1n) is 21.1. The number of hydrogen-bond donors (Lipinski definition) is 0. The number of nitrogens with zero attached hydrogens (tertiary/aromatic N) is 1. The molecule has 0 N–H and O–H groups in total. The van der Waals surface area contributed by atoms with Crippen LogP contribution in [-0.2, 0) is 19.1 Å². The standard InChI is InChI=1S/C42H83NO4/c1-5-9-12-15-18-24-32-39-46-41(44)35-29-25-31-38-43(8-4)37-30-23-19-22-28-36-42(45)47-40(33-26-20-16-13-10-6-2)34-27-21-17-14-11-7-3/h40H,5-39H2,1-4H3. The number of ether oxygens (including phenoxy) is 2. The van der Waals surface area contributed by atoms with Crippen molar-refractivity contribution in [2.24, 2.45) is 0 Å². The zero-order valence-electron chi connectivity index (χ0n) is 32.4. The van der Waals surface area contributed by atoms with Crippen LogP contribution >= 0.6 is 0 Å². The summed E-state index contributed by atoms with van der Waals surface area (Å²) < 4.78 is 11.4. The van der Waals surface area contributed by atoms with Crippen LogP contribution in [0, 0.1) is 0 Å². The Hall–Kier alpha value is -1.10. The van der Waals surface area contributed by atoms with Crippen LogP contribution in [0.5, 0.6) is 0 Å². The zero-order chi connectivity index (χ0) is 34.5. The van der Waals surface area contributed by atoms with E-state index in [-0.39, 0.29) is 18.0 Å². The number of carbonyl (C=O) groups excluding carboxylic acids is 2. The molecule has 0 bridgehead atoms. The summed E-state index contributed by atoms with van der Waals surface area (Å²) in [5, 5.41) is 0. The Labute approximate surface area is 294 Å².